The van der Waals surface area contributed by atoms with Gasteiger partial charge in [0.2, 0.25) is 0 Å². The van der Waals surface area contributed by atoms with Gasteiger partial charge in [0, 0.05) is 12.6 Å². The maximum atomic E-state index is 5.99. The Labute approximate surface area is 127 Å². The first kappa shape index (κ1) is 18.0. The highest BCUT2D eigenvalue weighted by Gasteiger charge is 2.14. The molecule has 0 aliphatic heterocycles. The monoisotopic (exact) mass is 283 g/mol. The second-order valence-corrected chi connectivity index (χ2v) is 7.39. The number of hydrogen-bond acceptors (Lipinski definition) is 2. The molecule has 0 aromatic carbocycles. The first-order valence-corrected chi connectivity index (χ1v) is 8.93. The SMILES string of the molecule is CC(C)CC(CC(C)C)NCCCOC1CCCCC1. The second-order valence-electron chi connectivity index (χ2n) is 7.39. The lowest BCUT2D eigenvalue weighted by Crippen LogP contribution is -2.33. The fourth-order valence-corrected chi connectivity index (χ4v) is 3.26. The summed E-state index contributed by atoms with van der Waals surface area (Å²) in [6.45, 7) is 11.3. The van der Waals surface area contributed by atoms with Crippen LogP contribution in [-0.2, 0) is 4.74 Å². The summed E-state index contributed by atoms with van der Waals surface area (Å²) in [6.07, 6.45) is 11.0. The lowest BCUT2D eigenvalue weighted by molar-refractivity contribution is 0.0270. The zero-order valence-electron chi connectivity index (χ0n) is 14.3. The van der Waals surface area contributed by atoms with Gasteiger partial charge in [-0.3, -0.25) is 0 Å². The van der Waals surface area contributed by atoms with Crippen LogP contribution in [-0.4, -0.2) is 25.3 Å². The summed E-state index contributed by atoms with van der Waals surface area (Å²) in [6, 6.07) is 0.685. The van der Waals surface area contributed by atoms with E-state index in [1.165, 1.54) is 44.9 Å². The van der Waals surface area contributed by atoms with Crippen molar-refractivity contribution in [3.8, 4) is 0 Å². The third-order valence-corrected chi connectivity index (χ3v) is 4.17. The Bertz CT molecular complexity index is 211. The Balaban J connectivity index is 2.06. The highest BCUT2D eigenvalue weighted by atomic mass is 16.5. The molecule has 0 heterocycles. The van der Waals surface area contributed by atoms with Crippen LogP contribution in [0.5, 0.6) is 0 Å². The van der Waals surface area contributed by atoms with Crippen LogP contribution in [0.1, 0.15) is 79.1 Å². The Morgan fingerprint density at radius 1 is 0.950 bits per heavy atom. The lowest BCUT2D eigenvalue weighted by Gasteiger charge is -2.24. The minimum absolute atomic E-state index is 0.561. The molecular formula is C18H37NO. The highest BCUT2D eigenvalue weighted by Crippen LogP contribution is 2.20. The maximum Gasteiger partial charge on any atom is 0.0575 e. The zero-order chi connectivity index (χ0) is 14.8. The van der Waals surface area contributed by atoms with Gasteiger partial charge in [-0.2, -0.15) is 0 Å². The standard InChI is InChI=1S/C18H37NO/c1-15(2)13-17(14-16(3)4)19-11-8-12-20-18-9-6-5-7-10-18/h15-19H,5-14H2,1-4H3. The third-order valence-electron chi connectivity index (χ3n) is 4.17. The van der Waals surface area contributed by atoms with E-state index in [0.29, 0.717) is 12.1 Å². The van der Waals surface area contributed by atoms with Gasteiger partial charge >= 0.3 is 0 Å². The van der Waals surface area contributed by atoms with E-state index in [4.69, 9.17) is 4.74 Å². The van der Waals surface area contributed by atoms with Gasteiger partial charge in [0.25, 0.3) is 0 Å². The first-order valence-electron chi connectivity index (χ1n) is 8.93. The quantitative estimate of drug-likeness (QED) is 0.583. The molecule has 0 bridgehead atoms. The average Bonchev–Trinajstić information content (AvgIpc) is 2.38. The Morgan fingerprint density at radius 3 is 2.10 bits per heavy atom. The van der Waals surface area contributed by atoms with Gasteiger partial charge in [0.1, 0.15) is 0 Å². The molecule has 1 saturated carbocycles. The largest absolute Gasteiger partial charge is 0.378 e. The molecule has 0 aromatic rings. The van der Waals surface area contributed by atoms with Crippen LogP contribution in [0.3, 0.4) is 0 Å². The fraction of sp³-hybridized carbons (Fsp3) is 1.00. The summed E-state index contributed by atoms with van der Waals surface area (Å²) in [7, 11) is 0. The van der Waals surface area contributed by atoms with Gasteiger partial charge < -0.3 is 10.1 Å². The van der Waals surface area contributed by atoms with Gasteiger partial charge in [0.15, 0.2) is 0 Å². The second kappa shape index (κ2) is 10.6. The molecule has 0 spiro atoms. The molecule has 0 saturated heterocycles. The van der Waals surface area contributed by atoms with Crippen molar-refractivity contribution in [2.75, 3.05) is 13.2 Å². The summed E-state index contributed by atoms with van der Waals surface area (Å²) in [5.74, 6) is 1.56. The van der Waals surface area contributed by atoms with Gasteiger partial charge in [0.05, 0.1) is 6.10 Å². The van der Waals surface area contributed by atoms with E-state index in [1.807, 2.05) is 0 Å². The van der Waals surface area contributed by atoms with Crippen molar-refractivity contribution in [2.45, 2.75) is 91.2 Å². The Hall–Kier alpha value is -0.0800. The molecule has 1 N–H and O–H groups in total. The summed E-state index contributed by atoms with van der Waals surface area (Å²) in [5.41, 5.74) is 0. The number of hydrogen-bond donors (Lipinski definition) is 1. The van der Waals surface area contributed by atoms with E-state index in [1.54, 1.807) is 0 Å². The van der Waals surface area contributed by atoms with Crippen molar-refractivity contribution in [3.05, 3.63) is 0 Å². The molecule has 1 fully saturated rings. The molecule has 120 valence electrons. The normalized spacial score (nSPS) is 17.6. The van der Waals surface area contributed by atoms with E-state index in [0.717, 1.165) is 31.4 Å². The molecule has 2 nitrogen and oxygen atoms in total. The molecule has 0 radical (unpaired) electrons. The molecule has 1 rings (SSSR count). The average molecular weight is 284 g/mol. The van der Waals surface area contributed by atoms with Crippen molar-refractivity contribution >= 4 is 0 Å². The summed E-state index contributed by atoms with van der Waals surface area (Å²) in [4.78, 5) is 0. The molecule has 1 aliphatic carbocycles. The summed E-state index contributed by atoms with van der Waals surface area (Å²) in [5, 5.41) is 3.74. The number of rotatable bonds is 10. The smallest absolute Gasteiger partial charge is 0.0575 e. The van der Waals surface area contributed by atoms with Gasteiger partial charge in [-0.05, 0) is 50.5 Å². The van der Waals surface area contributed by atoms with Crippen LogP contribution in [0, 0.1) is 11.8 Å². The molecule has 0 aromatic heterocycles. The van der Waals surface area contributed by atoms with Crippen LogP contribution in [0.15, 0.2) is 0 Å². The Kier molecular flexibility index (Phi) is 9.54. The number of nitrogens with one attached hydrogen (secondary N) is 1. The van der Waals surface area contributed by atoms with Crippen LogP contribution < -0.4 is 5.32 Å². The van der Waals surface area contributed by atoms with Gasteiger partial charge in [-0.15, -0.1) is 0 Å². The molecule has 0 amide bonds. The molecule has 2 heteroatoms. The fourth-order valence-electron chi connectivity index (χ4n) is 3.26. The van der Waals surface area contributed by atoms with Crippen molar-refractivity contribution in [1.82, 2.24) is 5.32 Å². The van der Waals surface area contributed by atoms with Crippen molar-refractivity contribution in [3.63, 3.8) is 0 Å². The Morgan fingerprint density at radius 2 is 1.55 bits per heavy atom. The predicted octanol–water partition coefficient (Wildman–Crippen LogP) is 4.78. The summed E-state index contributed by atoms with van der Waals surface area (Å²) < 4.78 is 5.99. The van der Waals surface area contributed by atoms with Crippen LogP contribution in [0.25, 0.3) is 0 Å². The zero-order valence-corrected chi connectivity index (χ0v) is 14.3. The molecule has 20 heavy (non-hydrogen) atoms. The molecular weight excluding hydrogens is 246 g/mol. The van der Waals surface area contributed by atoms with E-state index in [9.17, 15) is 0 Å². The predicted molar refractivity (Wildman–Crippen MR) is 88.1 cm³/mol. The van der Waals surface area contributed by atoms with Crippen LogP contribution in [0.4, 0.5) is 0 Å². The van der Waals surface area contributed by atoms with Crippen LogP contribution in [0.2, 0.25) is 0 Å². The van der Waals surface area contributed by atoms with Crippen LogP contribution >= 0.6 is 0 Å². The van der Waals surface area contributed by atoms with E-state index in [-0.39, 0.29) is 0 Å². The van der Waals surface area contributed by atoms with Crippen molar-refractivity contribution in [1.29, 1.82) is 0 Å². The first-order chi connectivity index (χ1) is 9.58. The van der Waals surface area contributed by atoms with E-state index >= 15 is 0 Å². The maximum absolute atomic E-state index is 5.99. The number of ether oxygens (including phenoxy) is 1. The highest BCUT2D eigenvalue weighted by molar-refractivity contribution is 4.70. The minimum Gasteiger partial charge on any atom is -0.378 e. The van der Waals surface area contributed by atoms with E-state index < -0.39 is 0 Å². The minimum atomic E-state index is 0.561. The summed E-state index contributed by atoms with van der Waals surface area (Å²) >= 11 is 0. The van der Waals surface area contributed by atoms with Crippen molar-refractivity contribution in [2.24, 2.45) is 11.8 Å². The van der Waals surface area contributed by atoms with E-state index in [2.05, 4.69) is 33.0 Å². The topological polar surface area (TPSA) is 21.3 Å². The van der Waals surface area contributed by atoms with Gasteiger partial charge in [-0.1, -0.05) is 47.0 Å². The lowest BCUT2D eigenvalue weighted by atomic mass is 9.95. The third kappa shape index (κ3) is 8.97. The molecule has 0 atom stereocenters. The van der Waals surface area contributed by atoms with Crippen molar-refractivity contribution < 1.29 is 4.74 Å². The van der Waals surface area contributed by atoms with Gasteiger partial charge in [-0.25, -0.2) is 0 Å². The molecule has 0 unspecified atom stereocenters. The molecule has 1 aliphatic rings.